The van der Waals surface area contributed by atoms with Gasteiger partial charge in [-0.25, -0.2) is 0 Å². The lowest BCUT2D eigenvalue weighted by atomic mass is 10.3. The van der Waals surface area contributed by atoms with Gasteiger partial charge in [-0.1, -0.05) is 18.2 Å². The molecule has 0 fully saturated rings. The molecular formula is C16H18O2S. The Bertz CT molecular complexity index is 468. The molecule has 0 saturated heterocycles. The van der Waals surface area contributed by atoms with E-state index in [2.05, 4.69) is 12.6 Å². The van der Waals surface area contributed by atoms with Crippen LogP contribution in [0.15, 0.2) is 54.6 Å². The number of unbranched alkanes of at least 4 members (excludes halogenated alkanes) is 1. The highest BCUT2D eigenvalue weighted by Crippen LogP contribution is 2.23. The summed E-state index contributed by atoms with van der Waals surface area (Å²) in [6, 6.07) is 17.4. The second-order valence-electron chi connectivity index (χ2n) is 4.17. The third kappa shape index (κ3) is 4.87. The molecule has 19 heavy (non-hydrogen) atoms. The van der Waals surface area contributed by atoms with Crippen molar-refractivity contribution >= 4 is 12.6 Å². The standard InChI is InChI=1S/C16H18O2S/c19-13-5-4-12-17-14-8-10-16(11-9-14)18-15-6-2-1-3-7-15/h1-3,6-11,19H,4-5,12-13H2. The smallest absolute Gasteiger partial charge is 0.127 e. The molecule has 0 atom stereocenters. The summed E-state index contributed by atoms with van der Waals surface area (Å²) in [5.74, 6) is 3.44. The molecular weight excluding hydrogens is 256 g/mol. The van der Waals surface area contributed by atoms with Crippen LogP contribution in [-0.4, -0.2) is 12.4 Å². The zero-order valence-corrected chi connectivity index (χ0v) is 11.7. The van der Waals surface area contributed by atoms with Gasteiger partial charge in [-0.15, -0.1) is 0 Å². The third-order valence-electron chi connectivity index (χ3n) is 2.62. The van der Waals surface area contributed by atoms with Crippen LogP contribution in [0.1, 0.15) is 12.8 Å². The fourth-order valence-corrected chi connectivity index (χ4v) is 1.86. The monoisotopic (exact) mass is 274 g/mol. The first-order chi connectivity index (χ1) is 9.38. The number of benzene rings is 2. The fourth-order valence-electron chi connectivity index (χ4n) is 1.63. The van der Waals surface area contributed by atoms with Crippen molar-refractivity contribution in [2.24, 2.45) is 0 Å². The Morgan fingerprint density at radius 1 is 0.737 bits per heavy atom. The second kappa shape index (κ2) is 7.74. The van der Waals surface area contributed by atoms with Gasteiger partial charge >= 0.3 is 0 Å². The van der Waals surface area contributed by atoms with Gasteiger partial charge in [0.05, 0.1) is 6.61 Å². The summed E-state index contributed by atoms with van der Waals surface area (Å²) < 4.78 is 11.3. The van der Waals surface area contributed by atoms with E-state index in [1.807, 2.05) is 54.6 Å². The SMILES string of the molecule is SCCCCOc1ccc(Oc2ccccc2)cc1. The Labute approximate surface area is 119 Å². The number of hydrogen-bond acceptors (Lipinski definition) is 3. The first kappa shape index (κ1) is 13.8. The van der Waals surface area contributed by atoms with E-state index in [1.54, 1.807) is 0 Å². The van der Waals surface area contributed by atoms with E-state index in [0.717, 1.165) is 42.4 Å². The minimum Gasteiger partial charge on any atom is -0.494 e. The van der Waals surface area contributed by atoms with Crippen molar-refractivity contribution in [2.75, 3.05) is 12.4 Å². The van der Waals surface area contributed by atoms with Crippen molar-refractivity contribution in [2.45, 2.75) is 12.8 Å². The van der Waals surface area contributed by atoms with Crippen molar-refractivity contribution < 1.29 is 9.47 Å². The Hall–Kier alpha value is -1.61. The van der Waals surface area contributed by atoms with Crippen LogP contribution in [0.3, 0.4) is 0 Å². The van der Waals surface area contributed by atoms with Crippen molar-refractivity contribution in [3.8, 4) is 17.2 Å². The van der Waals surface area contributed by atoms with Gasteiger partial charge in [0.1, 0.15) is 17.2 Å². The summed E-state index contributed by atoms with van der Waals surface area (Å²) in [7, 11) is 0. The van der Waals surface area contributed by atoms with Gasteiger partial charge in [0, 0.05) is 0 Å². The maximum Gasteiger partial charge on any atom is 0.127 e. The number of rotatable bonds is 7. The molecule has 0 aliphatic rings. The highest BCUT2D eigenvalue weighted by molar-refractivity contribution is 7.80. The average Bonchev–Trinajstić information content (AvgIpc) is 2.46. The molecule has 0 aliphatic carbocycles. The molecule has 0 heterocycles. The lowest BCUT2D eigenvalue weighted by Gasteiger charge is -2.08. The molecule has 3 heteroatoms. The zero-order chi connectivity index (χ0) is 13.3. The van der Waals surface area contributed by atoms with Crippen LogP contribution < -0.4 is 9.47 Å². The van der Waals surface area contributed by atoms with Crippen LogP contribution in [0.5, 0.6) is 17.2 Å². The third-order valence-corrected chi connectivity index (χ3v) is 2.94. The summed E-state index contributed by atoms with van der Waals surface area (Å²) in [6.07, 6.45) is 2.12. The molecule has 0 N–H and O–H groups in total. The largest absolute Gasteiger partial charge is 0.494 e. The molecule has 2 nitrogen and oxygen atoms in total. The van der Waals surface area contributed by atoms with Crippen LogP contribution in [0.2, 0.25) is 0 Å². The van der Waals surface area contributed by atoms with E-state index in [-0.39, 0.29) is 0 Å². The number of ether oxygens (including phenoxy) is 2. The minimum atomic E-state index is 0.736. The maximum atomic E-state index is 5.71. The molecule has 2 aromatic carbocycles. The predicted octanol–water partition coefficient (Wildman–Crippen LogP) is 4.57. The van der Waals surface area contributed by atoms with Gasteiger partial charge < -0.3 is 9.47 Å². The summed E-state index contributed by atoms with van der Waals surface area (Å²) in [5.41, 5.74) is 0. The molecule has 0 bridgehead atoms. The summed E-state index contributed by atoms with van der Waals surface area (Å²) in [5, 5.41) is 0. The molecule has 0 unspecified atom stereocenters. The van der Waals surface area contributed by atoms with Crippen LogP contribution in [0.4, 0.5) is 0 Å². The van der Waals surface area contributed by atoms with Crippen molar-refractivity contribution in [1.29, 1.82) is 0 Å². The molecule has 0 aromatic heterocycles. The van der Waals surface area contributed by atoms with Gasteiger partial charge in [-0.3, -0.25) is 0 Å². The molecule has 2 aromatic rings. The number of para-hydroxylation sites is 1. The van der Waals surface area contributed by atoms with Crippen molar-refractivity contribution in [3.63, 3.8) is 0 Å². The number of thiol groups is 1. The first-order valence-corrected chi connectivity index (χ1v) is 7.08. The van der Waals surface area contributed by atoms with Gasteiger partial charge in [0.15, 0.2) is 0 Å². The van der Waals surface area contributed by atoms with E-state index in [4.69, 9.17) is 9.47 Å². The molecule has 0 amide bonds. The number of hydrogen-bond donors (Lipinski definition) is 1. The first-order valence-electron chi connectivity index (χ1n) is 6.45. The van der Waals surface area contributed by atoms with Crippen LogP contribution in [0, 0.1) is 0 Å². The van der Waals surface area contributed by atoms with Crippen LogP contribution in [0.25, 0.3) is 0 Å². The van der Waals surface area contributed by atoms with Gasteiger partial charge in [-0.05, 0) is 55.0 Å². The lowest BCUT2D eigenvalue weighted by Crippen LogP contribution is -1.97. The van der Waals surface area contributed by atoms with E-state index in [9.17, 15) is 0 Å². The lowest BCUT2D eigenvalue weighted by molar-refractivity contribution is 0.309. The Balaban J connectivity index is 1.84. The average molecular weight is 274 g/mol. The molecule has 0 saturated carbocycles. The van der Waals surface area contributed by atoms with E-state index < -0.39 is 0 Å². The highest BCUT2D eigenvalue weighted by Gasteiger charge is 1.98. The summed E-state index contributed by atoms with van der Waals surface area (Å²) in [6.45, 7) is 0.736. The molecule has 100 valence electrons. The quantitative estimate of drug-likeness (QED) is 0.589. The highest BCUT2D eigenvalue weighted by atomic mass is 32.1. The van der Waals surface area contributed by atoms with E-state index in [1.165, 1.54) is 0 Å². The molecule has 0 spiro atoms. The van der Waals surface area contributed by atoms with Crippen molar-refractivity contribution in [1.82, 2.24) is 0 Å². The Morgan fingerprint density at radius 2 is 1.37 bits per heavy atom. The summed E-state index contributed by atoms with van der Waals surface area (Å²) in [4.78, 5) is 0. The van der Waals surface area contributed by atoms with Gasteiger partial charge in [0.2, 0.25) is 0 Å². The Morgan fingerprint density at radius 3 is 2.05 bits per heavy atom. The van der Waals surface area contributed by atoms with E-state index in [0.29, 0.717) is 0 Å². The topological polar surface area (TPSA) is 18.5 Å². The van der Waals surface area contributed by atoms with E-state index >= 15 is 0 Å². The van der Waals surface area contributed by atoms with Gasteiger partial charge in [-0.2, -0.15) is 12.6 Å². The predicted molar refractivity (Wildman–Crippen MR) is 81.5 cm³/mol. The minimum absolute atomic E-state index is 0.736. The molecule has 0 radical (unpaired) electrons. The van der Waals surface area contributed by atoms with Crippen LogP contribution >= 0.6 is 12.6 Å². The molecule has 2 rings (SSSR count). The Kier molecular flexibility index (Phi) is 5.63. The van der Waals surface area contributed by atoms with Crippen LogP contribution in [-0.2, 0) is 0 Å². The second-order valence-corrected chi connectivity index (χ2v) is 4.61. The van der Waals surface area contributed by atoms with Crippen molar-refractivity contribution in [3.05, 3.63) is 54.6 Å². The zero-order valence-electron chi connectivity index (χ0n) is 10.8. The molecule has 0 aliphatic heterocycles. The summed E-state index contributed by atoms with van der Waals surface area (Å²) >= 11 is 4.17. The van der Waals surface area contributed by atoms with Gasteiger partial charge in [0.25, 0.3) is 0 Å². The normalized spacial score (nSPS) is 10.2. The maximum absolute atomic E-state index is 5.71. The fraction of sp³-hybridized carbons (Fsp3) is 0.250.